The Labute approximate surface area is 130 Å². The summed E-state index contributed by atoms with van der Waals surface area (Å²) >= 11 is 5.88. The molecule has 0 aromatic heterocycles. The molecule has 2 N–H and O–H groups in total. The van der Waals surface area contributed by atoms with Gasteiger partial charge in [-0.15, -0.1) is 0 Å². The van der Waals surface area contributed by atoms with E-state index in [0.29, 0.717) is 5.02 Å². The van der Waals surface area contributed by atoms with Crippen LogP contribution in [0.25, 0.3) is 0 Å². The van der Waals surface area contributed by atoms with Crippen molar-refractivity contribution in [2.75, 3.05) is 5.32 Å². The van der Waals surface area contributed by atoms with Crippen molar-refractivity contribution in [1.29, 1.82) is 0 Å². The molecular formula is C17H19ClN2O. The van der Waals surface area contributed by atoms with Crippen molar-refractivity contribution in [3.63, 3.8) is 0 Å². The van der Waals surface area contributed by atoms with Crippen LogP contribution in [0.4, 0.5) is 5.69 Å². The molecule has 0 saturated carbocycles. The SMILES string of the molecule is C[C@H](N[C@H](C)c1ccc(Cl)cc1)C(=O)Nc1ccccc1. The van der Waals surface area contributed by atoms with Crippen LogP contribution in [0.15, 0.2) is 54.6 Å². The van der Waals surface area contributed by atoms with E-state index < -0.39 is 0 Å². The molecule has 2 aromatic carbocycles. The lowest BCUT2D eigenvalue weighted by Crippen LogP contribution is -2.39. The highest BCUT2D eigenvalue weighted by Gasteiger charge is 2.16. The van der Waals surface area contributed by atoms with E-state index >= 15 is 0 Å². The van der Waals surface area contributed by atoms with Gasteiger partial charge in [0.1, 0.15) is 0 Å². The molecule has 21 heavy (non-hydrogen) atoms. The first-order chi connectivity index (χ1) is 10.1. The first-order valence-corrected chi connectivity index (χ1v) is 7.31. The maximum absolute atomic E-state index is 12.1. The van der Waals surface area contributed by atoms with Crippen molar-refractivity contribution in [2.24, 2.45) is 0 Å². The summed E-state index contributed by atoms with van der Waals surface area (Å²) in [5.41, 5.74) is 1.90. The van der Waals surface area contributed by atoms with Gasteiger partial charge >= 0.3 is 0 Å². The van der Waals surface area contributed by atoms with Gasteiger partial charge in [0.2, 0.25) is 5.91 Å². The molecule has 2 aromatic rings. The predicted molar refractivity (Wildman–Crippen MR) is 87.5 cm³/mol. The molecule has 0 radical (unpaired) electrons. The zero-order valence-electron chi connectivity index (χ0n) is 12.1. The van der Waals surface area contributed by atoms with E-state index in [1.165, 1.54) is 0 Å². The molecule has 0 aliphatic rings. The van der Waals surface area contributed by atoms with E-state index in [2.05, 4.69) is 10.6 Å². The second-order valence-electron chi connectivity index (χ2n) is 5.02. The van der Waals surface area contributed by atoms with Crippen LogP contribution < -0.4 is 10.6 Å². The largest absolute Gasteiger partial charge is 0.325 e. The van der Waals surface area contributed by atoms with Crippen molar-refractivity contribution >= 4 is 23.2 Å². The molecule has 110 valence electrons. The Bertz CT molecular complexity index is 583. The van der Waals surface area contributed by atoms with Gasteiger partial charge in [-0.05, 0) is 43.7 Å². The van der Waals surface area contributed by atoms with E-state index in [0.717, 1.165) is 11.3 Å². The number of rotatable bonds is 5. The first-order valence-electron chi connectivity index (χ1n) is 6.93. The minimum atomic E-state index is -0.295. The zero-order valence-corrected chi connectivity index (χ0v) is 12.9. The fourth-order valence-corrected chi connectivity index (χ4v) is 2.20. The number of hydrogen-bond donors (Lipinski definition) is 2. The molecule has 4 heteroatoms. The highest BCUT2D eigenvalue weighted by molar-refractivity contribution is 6.30. The van der Waals surface area contributed by atoms with Gasteiger partial charge in [0.05, 0.1) is 6.04 Å². The molecule has 0 spiro atoms. The molecule has 0 heterocycles. The minimum Gasteiger partial charge on any atom is -0.325 e. The van der Waals surface area contributed by atoms with Crippen molar-refractivity contribution in [3.05, 3.63) is 65.2 Å². The van der Waals surface area contributed by atoms with E-state index in [4.69, 9.17) is 11.6 Å². The van der Waals surface area contributed by atoms with Gasteiger partial charge in [-0.2, -0.15) is 0 Å². The Morgan fingerprint density at radius 1 is 1.00 bits per heavy atom. The number of benzene rings is 2. The second-order valence-corrected chi connectivity index (χ2v) is 5.45. The average molecular weight is 303 g/mol. The van der Waals surface area contributed by atoms with E-state index in [1.807, 2.05) is 68.4 Å². The summed E-state index contributed by atoms with van der Waals surface area (Å²) in [4.78, 5) is 12.1. The molecule has 0 fully saturated rings. The van der Waals surface area contributed by atoms with Gasteiger partial charge in [0, 0.05) is 16.8 Å². The van der Waals surface area contributed by atoms with Crippen LogP contribution in [-0.2, 0) is 4.79 Å². The summed E-state index contributed by atoms with van der Waals surface area (Å²) in [6, 6.07) is 16.8. The van der Waals surface area contributed by atoms with Gasteiger partial charge in [-0.1, -0.05) is 41.9 Å². The fraction of sp³-hybridized carbons (Fsp3) is 0.235. The van der Waals surface area contributed by atoms with E-state index in [-0.39, 0.29) is 18.0 Å². The van der Waals surface area contributed by atoms with Gasteiger partial charge in [0.15, 0.2) is 0 Å². The molecule has 0 aliphatic carbocycles. The van der Waals surface area contributed by atoms with Crippen molar-refractivity contribution in [2.45, 2.75) is 25.9 Å². The maximum Gasteiger partial charge on any atom is 0.241 e. The number of carbonyl (C=O) groups is 1. The summed E-state index contributed by atoms with van der Waals surface area (Å²) in [6.07, 6.45) is 0. The Kier molecular flexibility index (Phi) is 5.37. The molecule has 0 unspecified atom stereocenters. The monoisotopic (exact) mass is 302 g/mol. The third kappa shape index (κ3) is 4.59. The number of anilines is 1. The summed E-state index contributed by atoms with van der Waals surface area (Å²) in [5, 5.41) is 6.87. The summed E-state index contributed by atoms with van der Waals surface area (Å²) in [6.45, 7) is 3.88. The second kappa shape index (κ2) is 7.25. The molecule has 0 aliphatic heterocycles. The van der Waals surface area contributed by atoms with Gasteiger partial charge in [-0.25, -0.2) is 0 Å². The number of nitrogens with one attached hydrogen (secondary N) is 2. The Balaban J connectivity index is 1.92. The molecule has 1 amide bonds. The predicted octanol–water partition coefficient (Wildman–Crippen LogP) is 4.02. The van der Waals surface area contributed by atoms with Crippen LogP contribution in [0.3, 0.4) is 0 Å². The zero-order chi connectivity index (χ0) is 15.2. The Morgan fingerprint density at radius 2 is 1.62 bits per heavy atom. The third-order valence-corrected chi connectivity index (χ3v) is 3.56. The lowest BCUT2D eigenvalue weighted by atomic mass is 10.1. The summed E-state index contributed by atoms with van der Waals surface area (Å²) < 4.78 is 0. The van der Waals surface area contributed by atoms with Crippen molar-refractivity contribution in [1.82, 2.24) is 5.32 Å². The van der Waals surface area contributed by atoms with Crippen LogP contribution in [-0.4, -0.2) is 11.9 Å². The van der Waals surface area contributed by atoms with E-state index in [1.54, 1.807) is 0 Å². The van der Waals surface area contributed by atoms with Gasteiger partial charge < -0.3 is 5.32 Å². The number of para-hydroxylation sites is 1. The highest BCUT2D eigenvalue weighted by Crippen LogP contribution is 2.16. The highest BCUT2D eigenvalue weighted by atomic mass is 35.5. The number of carbonyl (C=O) groups excluding carboxylic acids is 1. The van der Waals surface area contributed by atoms with Crippen molar-refractivity contribution in [3.8, 4) is 0 Å². The van der Waals surface area contributed by atoms with Crippen LogP contribution >= 0.6 is 11.6 Å². The minimum absolute atomic E-state index is 0.0537. The topological polar surface area (TPSA) is 41.1 Å². The number of halogens is 1. The van der Waals surface area contributed by atoms with Gasteiger partial charge in [0.25, 0.3) is 0 Å². The number of amides is 1. The number of hydrogen-bond acceptors (Lipinski definition) is 2. The standard InChI is InChI=1S/C17H19ClN2O/c1-12(14-8-10-15(18)11-9-14)19-13(2)17(21)20-16-6-4-3-5-7-16/h3-13,19H,1-2H3,(H,20,21)/t12-,13+/m1/s1. The maximum atomic E-state index is 12.1. The van der Waals surface area contributed by atoms with E-state index in [9.17, 15) is 4.79 Å². The van der Waals surface area contributed by atoms with Crippen LogP contribution in [0.5, 0.6) is 0 Å². The third-order valence-electron chi connectivity index (χ3n) is 3.30. The Hall–Kier alpha value is -1.84. The summed E-state index contributed by atoms with van der Waals surface area (Å²) in [7, 11) is 0. The van der Waals surface area contributed by atoms with Crippen LogP contribution in [0.1, 0.15) is 25.5 Å². The van der Waals surface area contributed by atoms with Crippen LogP contribution in [0.2, 0.25) is 5.02 Å². The lowest BCUT2D eigenvalue weighted by molar-refractivity contribution is -0.117. The summed E-state index contributed by atoms with van der Waals surface area (Å²) in [5.74, 6) is -0.0537. The lowest BCUT2D eigenvalue weighted by Gasteiger charge is -2.20. The molecule has 2 atom stereocenters. The smallest absolute Gasteiger partial charge is 0.241 e. The molecular weight excluding hydrogens is 284 g/mol. The van der Waals surface area contributed by atoms with Crippen LogP contribution in [0, 0.1) is 0 Å². The molecule has 2 rings (SSSR count). The van der Waals surface area contributed by atoms with Crippen molar-refractivity contribution < 1.29 is 4.79 Å². The molecule has 0 saturated heterocycles. The normalized spacial score (nSPS) is 13.5. The first kappa shape index (κ1) is 15.5. The quantitative estimate of drug-likeness (QED) is 0.876. The molecule has 3 nitrogen and oxygen atoms in total. The van der Waals surface area contributed by atoms with Gasteiger partial charge in [-0.3, -0.25) is 10.1 Å². The Morgan fingerprint density at radius 3 is 2.24 bits per heavy atom. The molecule has 0 bridgehead atoms. The fourth-order valence-electron chi connectivity index (χ4n) is 2.07. The average Bonchev–Trinajstić information content (AvgIpc) is 2.48.